The maximum Gasteiger partial charge on any atom is 0.187 e. The Morgan fingerprint density at radius 3 is 2.76 bits per heavy atom. The molecule has 2 aromatic heterocycles. The number of rotatable bonds is 5. The third kappa shape index (κ3) is 4.29. The molecular formula is C23H25F2N7OS. The highest BCUT2D eigenvalue weighted by Gasteiger charge is 2.42. The second kappa shape index (κ2) is 9.38. The number of anilines is 1. The molecule has 3 aromatic rings. The Hall–Kier alpha value is -2.92. The number of fused-ring (bicyclic) bond motifs is 2. The second-order valence-electron chi connectivity index (χ2n) is 8.68. The highest BCUT2D eigenvalue weighted by atomic mass is 32.2. The Morgan fingerprint density at radius 1 is 1.18 bits per heavy atom. The van der Waals surface area contributed by atoms with Crippen molar-refractivity contribution in [3.63, 3.8) is 0 Å². The zero-order valence-electron chi connectivity index (χ0n) is 18.8. The summed E-state index contributed by atoms with van der Waals surface area (Å²) in [5.74, 6) is -0.0177. The average molecular weight is 486 g/mol. The third-order valence-corrected chi connectivity index (χ3v) is 7.18. The van der Waals surface area contributed by atoms with E-state index >= 15 is 4.39 Å². The van der Waals surface area contributed by atoms with Crippen LogP contribution in [-0.4, -0.2) is 67.9 Å². The van der Waals surface area contributed by atoms with Crippen LogP contribution in [0.25, 0.3) is 22.6 Å². The summed E-state index contributed by atoms with van der Waals surface area (Å²) >= 11 is 1.30. The van der Waals surface area contributed by atoms with E-state index in [4.69, 9.17) is 0 Å². The Kier molecular flexibility index (Phi) is 6.30. The molecule has 4 atom stereocenters. The number of halogens is 2. The van der Waals surface area contributed by atoms with E-state index in [1.54, 1.807) is 18.4 Å². The fraction of sp³-hybridized carbons (Fsp3) is 0.435. The number of phenols is 1. The smallest absolute Gasteiger partial charge is 0.187 e. The molecule has 0 aliphatic carbocycles. The van der Waals surface area contributed by atoms with Gasteiger partial charge in [-0.15, -0.1) is 10.2 Å². The Labute approximate surface area is 200 Å². The van der Waals surface area contributed by atoms with Crippen molar-refractivity contribution in [1.29, 1.82) is 0 Å². The van der Waals surface area contributed by atoms with Crippen LogP contribution in [0.3, 0.4) is 0 Å². The van der Waals surface area contributed by atoms with Gasteiger partial charge in [0.2, 0.25) is 0 Å². The molecule has 2 bridgehead atoms. The van der Waals surface area contributed by atoms with E-state index in [2.05, 4.69) is 30.5 Å². The number of thioether (sulfide) groups is 1. The predicted octanol–water partition coefficient (Wildman–Crippen LogP) is 3.62. The van der Waals surface area contributed by atoms with Gasteiger partial charge in [0, 0.05) is 24.7 Å². The summed E-state index contributed by atoms with van der Waals surface area (Å²) in [6.45, 7) is 0. The fourth-order valence-corrected chi connectivity index (χ4v) is 5.14. The van der Waals surface area contributed by atoms with E-state index in [0.29, 0.717) is 34.6 Å². The molecule has 0 spiro atoms. The molecular weight excluding hydrogens is 460 g/mol. The minimum Gasteiger partial charge on any atom is -0.507 e. The third-order valence-electron chi connectivity index (χ3n) is 6.62. The molecule has 2 fully saturated rings. The summed E-state index contributed by atoms with van der Waals surface area (Å²) in [5, 5.41) is 22.8. The maximum atomic E-state index is 15.1. The van der Waals surface area contributed by atoms with E-state index < -0.39 is 12.0 Å². The van der Waals surface area contributed by atoms with Crippen molar-refractivity contribution in [3.8, 4) is 28.4 Å². The topological polar surface area (TPSA) is 100.0 Å². The van der Waals surface area contributed by atoms with Crippen LogP contribution >= 0.6 is 11.8 Å². The number of phenolic OH excluding ortho intramolecular Hbond substituents is 1. The van der Waals surface area contributed by atoms with Gasteiger partial charge >= 0.3 is 0 Å². The lowest BCUT2D eigenvalue weighted by Gasteiger charge is -2.45. The molecule has 0 saturated carbocycles. The number of benzene rings is 1. The molecule has 2 saturated heterocycles. The summed E-state index contributed by atoms with van der Waals surface area (Å²) in [4.78, 5) is 14.3. The first-order chi connectivity index (χ1) is 16.4. The van der Waals surface area contributed by atoms with Gasteiger partial charge in [0.15, 0.2) is 22.6 Å². The van der Waals surface area contributed by atoms with Crippen LogP contribution in [0, 0.1) is 5.82 Å². The molecule has 11 heteroatoms. The summed E-state index contributed by atoms with van der Waals surface area (Å²) in [5.41, 5.74) is 0.862. The molecule has 1 aromatic carbocycles. The molecule has 34 heavy (non-hydrogen) atoms. The first-order valence-corrected chi connectivity index (χ1v) is 12.4. The SMILES string of the molecule is CSc1ncc(F)c(-c2ccc(-c3ncc(N(C)[C@H]4C[C@H]5CCC[C@H](N5)[C@H]4F)nn3)c(O)c2)n1. The number of piperidine rings is 2. The number of alkyl halides is 1. The van der Waals surface area contributed by atoms with Gasteiger partial charge in [-0.3, -0.25) is 0 Å². The molecule has 2 aliphatic heterocycles. The van der Waals surface area contributed by atoms with Crippen LogP contribution < -0.4 is 10.2 Å². The number of hydrogen-bond acceptors (Lipinski definition) is 9. The molecule has 2 N–H and O–H groups in total. The zero-order valence-corrected chi connectivity index (χ0v) is 19.6. The van der Waals surface area contributed by atoms with Crippen LogP contribution in [0.15, 0.2) is 35.7 Å². The highest BCUT2D eigenvalue weighted by molar-refractivity contribution is 7.98. The molecule has 0 radical (unpaired) electrons. The largest absolute Gasteiger partial charge is 0.507 e. The monoisotopic (exact) mass is 485 g/mol. The van der Waals surface area contributed by atoms with Crippen LogP contribution in [0.5, 0.6) is 5.75 Å². The van der Waals surface area contributed by atoms with Crippen molar-refractivity contribution in [3.05, 3.63) is 36.4 Å². The van der Waals surface area contributed by atoms with Crippen molar-refractivity contribution in [2.45, 2.75) is 55.1 Å². The lowest BCUT2D eigenvalue weighted by Crippen LogP contribution is -2.61. The van der Waals surface area contributed by atoms with Gasteiger partial charge < -0.3 is 15.3 Å². The maximum absolute atomic E-state index is 15.1. The van der Waals surface area contributed by atoms with E-state index in [1.807, 2.05) is 11.9 Å². The zero-order chi connectivity index (χ0) is 23.8. The van der Waals surface area contributed by atoms with E-state index in [-0.39, 0.29) is 29.4 Å². The second-order valence-corrected chi connectivity index (χ2v) is 9.46. The molecule has 2 aliphatic rings. The van der Waals surface area contributed by atoms with Crippen LogP contribution in [-0.2, 0) is 0 Å². The van der Waals surface area contributed by atoms with Crippen LogP contribution in [0.2, 0.25) is 0 Å². The normalized spacial score (nSPS) is 24.1. The van der Waals surface area contributed by atoms with Crippen molar-refractivity contribution < 1.29 is 13.9 Å². The van der Waals surface area contributed by atoms with Crippen molar-refractivity contribution in [2.75, 3.05) is 18.2 Å². The Balaban J connectivity index is 1.36. The molecule has 0 amide bonds. The molecule has 0 unspecified atom stereocenters. The lowest BCUT2D eigenvalue weighted by atomic mass is 9.82. The van der Waals surface area contributed by atoms with Gasteiger partial charge in [-0.1, -0.05) is 24.2 Å². The van der Waals surface area contributed by atoms with Crippen LogP contribution in [0.1, 0.15) is 25.7 Å². The average Bonchev–Trinajstić information content (AvgIpc) is 2.86. The number of aromatic hydroxyl groups is 1. The summed E-state index contributed by atoms with van der Waals surface area (Å²) in [6, 6.07) is 4.55. The van der Waals surface area contributed by atoms with Gasteiger partial charge in [-0.2, -0.15) is 0 Å². The van der Waals surface area contributed by atoms with Gasteiger partial charge in [-0.05, 0) is 37.7 Å². The quantitative estimate of drug-likeness (QED) is 0.415. The highest BCUT2D eigenvalue weighted by Crippen LogP contribution is 2.34. The van der Waals surface area contributed by atoms with Gasteiger partial charge in [0.05, 0.1) is 24.0 Å². The van der Waals surface area contributed by atoms with Crippen molar-refractivity contribution in [1.82, 2.24) is 30.5 Å². The first-order valence-electron chi connectivity index (χ1n) is 11.2. The Bertz CT molecular complexity index is 1180. The minimum atomic E-state index is -0.992. The van der Waals surface area contributed by atoms with E-state index in [1.165, 1.54) is 24.0 Å². The van der Waals surface area contributed by atoms with E-state index in [0.717, 1.165) is 25.5 Å². The summed E-state index contributed by atoms with van der Waals surface area (Å²) in [6.07, 6.45) is 7.12. The molecule has 178 valence electrons. The predicted molar refractivity (Wildman–Crippen MR) is 126 cm³/mol. The van der Waals surface area contributed by atoms with Gasteiger partial charge in [0.25, 0.3) is 0 Å². The lowest BCUT2D eigenvalue weighted by molar-refractivity contribution is 0.107. The number of aromatic nitrogens is 5. The number of nitrogens with zero attached hydrogens (tertiary/aromatic N) is 6. The minimum absolute atomic E-state index is 0.102. The Morgan fingerprint density at radius 2 is 2.03 bits per heavy atom. The standard InChI is InChI=1S/C23H25F2N7OS/c1-32(17-9-13-4-3-5-16(28-13)20(17)25)19-11-26-22(31-30-19)14-7-6-12(8-18(14)33)21-15(24)10-27-23(29-21)34-2/h6-8,10-11,13,16-17,20,28,33H,3-5,9H2,1-2H3/t13-,16+,17+,20-/m1/s1. The number of hydrogen-bond donors (Lipinski definition) is 2. The summed E-state index contributed by atoms with van der Waals surface area (Å²) in [7, 11) is 1.81. The van der Waals surface area contributed by atoms with Gasteiger partial charge in [-0.25, -0.2) is 23.7 Å². The van der Waals surface area contributed by atoms with Gasteiger partial charge in [0.1, 0.15) is 17.6 Å². The first kappa shape index (κ1) is 22.9. The molecule has 5 rings (SSSR count). The van der Waals surface area contributed by atoms with Crippen molar-refractivity contribution in [2.24, 2.45) is 0 Å². The van der Waals surface area contributed by atoms with Crippen molar-refractivity contribution >= 4 is 17.6 Å². The van der Waals surface area contributed by atoms with E-state index in [9.17, 15) is 9.50 Å². The summed E-state index contributed by atoms with van der Waals surface area (Å²) < 4.78 is 29.3. The molecule has 4 heterocycles. The fourth-order valence-electron chi connectivity index (χ4n) is 4.80. The van der Waals surface area contributed by atoms with Crippen LogP contribution in [0.4, 0.5) is 14.6 Å². The molecule has 8 nitrogen and oxygen atoms in total. The number of nitrogens with one attached hydrogen (secondary N) is 1.